The van der Waals surface area contributed by atoms with Crippen molar-refractivity contribution in [2.45, 2.75) is 0 Å². The van der Waals surface area contributed by atoms with Crippen LogP contribution in [0.5, 0.6) is 5.75 Å². The number of aromatic nitrogens is 3. The summed E-state index contributed by atoms with van der Waals surface area (Å²) >= 11 is 0. The second-order valence-electron chi connectivity index (χ2n) is 7.65. The molecular formula is C25H25N7O2. The van der Waals surface area contributed by atoms with Gasteiger partial charge in [-0.15, -0.1) is 0 Å². The Labute approximate surface area is 197 Å². The van der Waals surface area contributed by atoms with E-state index in [9.17, 15) is 0 Å². The molecule has 4 aromatic rings. The molecule has 1 aliphatic rings. The fraction of sp³-hybridized carbons (Fsp3) is 0.200. The van der Waals surface area contributed by atoms with Crippen molar-refractivity contribution in [3.8, 4) is 5.75 Å². The Bertz CT molecular complexity index is 1300. The maximum absolute atomic E-state index is 5.48. The van der Waals surface area contributed by atoms with Gasteiger partial charge in [0.2, 0.25) is 17.8 Å². The maximum atomic E-state index is 5.48. The van der Waals surface area contributed by atoms with E-state index in [1.807, 2.05) is 48.5 Å². The molecule has 1 saturated heterocycles. The van der Waals surface area contributed by atoms with Crippen LogP contribution in [0.1, 0.15) is 5.56 Å². The third kappa shape index (κ3) is 4.89. The van der Waals surface area contributed by atoms with Gasteiger partial charge in [-0.2, -0.15) is 20.1 Å². The van der Waals surface area contributed by atoms with Crippen LogP contribution in [-0.4, -0.2) is 54.6 Å². The Morgan fingerprint density at radius 3 is 2.56 bits per heavy atom. The number of hydrogen-bond acceptors (Lipinski definition) is 9. The lowest BCUT2D eigenvalue weighted by Gasteiger charge is -2.27. The average molecular weight is 456 g/mol. The second-order valence-corrected chi connectivity index (χ2v) is 7.65. The van der Waals surface area contributed by atoms with Crippen molar-refractivity contribution in [2.75, 3.05) is 49.1 Å². The van der Waals surface area contributed by atoms with Gasteiger partial charge in [0.15, 0.2) is 0 Å². The van der Waals surface area contributed by atoms with E-state index in [2.05, 4.69) is 53.9 Å². The molecule has 172 valence electrons. The van der Waals surface area contributed by atoms with Crippen LogP contribution in [0.15, 0.2) is 71.8 Å². The maximum Gasteiger partial charge on any atom is 0.250 e. The van der Waals surface area contributed by atoms with Gasteiger partial charge in [0.05, 0.1) is 26.5 Å². The van der Waals surface area contributed by atoms with Gasteiger partial charge in [-0.1, -0.05) is 48.5 Å². The normalized spacial score (nSPS) is 13.9. The molecule has 0 bridgehead atoms. The Kier molecular flexibility index (Phi) is 6.44. The molecule has 5 rings (SSSR count). The zero-order valence-corrected chi connectivity index (χ0v) is 18.8. The number of rotatable bonds is 7. The van der Waals surface area contributed by atoms with Crippen LogP contribution < -0.4 is 20.4 Å². The zero-order valence-electron chi connectivity index (χ0n) is 18.8. The SMILES string of the molecule is COc1ccccc1/C=N\Nc1nc(Nc2cccc3ccccc23)nc(N2CCOCC2)n1. The highest BCUT2D eigenvalue weighted by atomic mass is 16.5. The standard InChI is InChI=1S/C25H25N7O2/c1-33-22-12-5-3-8-19(22)17-26-31-24-28-23(29-25(30-24)32-13-15-34-16-14-32)27-21-11-6-9-18-7-2-4-10-20(18)21/h2-12,17H,13-16H2,1H3,(H2,27,28,29,30,31)/b26-17-. The number of methoxy groups -OCH3 is 1. The van der Waals surface area contributed by atoms with Crippen molar-refractivity contribution in [3.05, 3.63) is 72.3 Å². The summed E-state index contributed by atoms with van der Waals surface area (Å²) in [6.45, 7) is 2.68. The molecule has 1 fully saturated rings. The van der Waals surface area contributed by atoms with E-state index in [0.717, 1.165) is 27.8 Å². The highest BCUT2D eigenvalue weighted by Gasteiger charge is 2.17. The number of para-hydroxylation sites is 1. The van der Waals surface area contributed by atoms with Crippen molar-refractivity contribution < 1.29 is 9.47 Å². The van der Waals surface area contributed by atoms with E-state index in [0.29, 0.717) is 44.1 Å². The lowest BCUT2D eigenvalue weighted by molar-refractivity contribution is 0.122. The number of anilines is 4. The van der Waals surface area contributed by atoms with Crippen LogP contribution >= 0.6 is 0 Å². The number of benzene rings is 3. The second kappa shape index (κ2) is 10.1. The van der Waals surface area contributed by atoms with Crippen molar-refractivity contribution >= 4 is 40.5 Å². The van der Waals surface area contributed by atoms with E-state index < -0.39 is 0 Å². The fourth-order valence-corrected chi connectivity index (χ4v) is 3.76. The van der Waals surface area contributed by atoms with Crippen LogP contribution in [-0.2, 0) is 4.74 Å². The molecule has 0 amide bonds. The van der Waals surface area contributed by atoms with Crippen LogP contribution in [0.4, 0.5) is 23.5 Å². The van der Waals surface area contributed by atoms with Crippen LogP contribution in [0, 0.1) is 0 Å². The molecule has 34 heavy (non-hydrogen) atoms. The van der Waals surface area contributed by atoms with E-state index in [4.69, 9.17) is 9.47 Å². The summed E-state index contributed by atoms with van der Waals surface area (Å²) in [4.78, 5) is 15.9. The minimum Gasteiger partial charge on any atom is -0.496 e. The first-order valence-corrected chi connectivity index (χ1v) is 11.1. The first-order valence-electron chi connectivity index (χ1n) is 11.1. The monoisotopic (exact) mass is 455 g/mol. The van der Waals surface area contributed by atoms with Gasteiger partial charge in [0, 0.05) is 29.7 Å². The molecule has 1 aromatic heterocycles. The van der Waals surface area contributed by atoms with Crippen molar-refractivity contribution in [1.82, 2.24) is 15.0 Å². The molecule has 9 heteroatoms. The van der Waals surface area contributed by atoms with Gasteiger partial charge in [-0.25, -0.2) is 5.43 Å². The Morgan fingerprint density at radius 2 is 1.68 bits per heavy atom. The number of hydrogen-bond donors (Lipinski definition) is 2. The molecule has 0 saturated carbocycles. The number of hydrazone groups is 1. The lowest BCUT2D eigenvalue weighted by atomic mass is 10.1. The molecule has 0 radical (unpaired) electrons. The third-order valence-electron chi connectivity index (χ3n) is 5.46. The predicted molar refractivity (Wildman–Crippen MR) is 134 cm³/mol. The summed E-state index contributed by atoms with van der Waals surface area (Å²) in [5.74, 6) is 2.07. The number of nitrogens with one attached hydrogen (secondary N) is 2. The van der Waals surface area contributed by atoms with E-state index in [1.54, 1.807) is 13.3 Å². The van der Waals surface area contributed by atoms with Gasteiger partial charge in [0.1, 0.15) is 5.75 Å². The average Bonchev–Trinajstić information content (AvgIpc) is 2.90. The Morgan fingerprint density at radius 1 is 0.912 bits per heavy atom. The van der Waals surface area contributed by atoms with Gasteiger partial charge in [-0.05, 0) is 23.6 Å². The topological polar surface area (TPSA) is 96.8 Å². The molecule has 0 spiro atoms. The Hall–Kier alpha value is -4.24. The summed E-state index contributed by atoms with van der Waals surface area (Å²) in [6, 6.07) is 21.9. The molecule has 0 aliphatic carbocycles. The quantitative estimate of drug-likeness (QED) is 0.318. The zero-order chi connectivity index (χ0) is 23.2. The summed E-state index contributed by atoms with van der Waals surface area (Å²) in [5, 5.41) is 9.91. The van der Waals surface area contributed by atoms with Crippen molar-refractivity contribution in [2.24, 2.45) is 5.10 Å². The number of fused-ring (bicyclic) bond motifs is 1. The summed E-state index contributed by atoms with van der Waals surface area (Å²) < 4.78 is 10.9. The molecule has 2 heterocycles. The molecule has 0 unspecified atom stereocenters. The molecule has 3 aromatic carbocycles. The van der Waals surface area contributed by atoms with Gasteiger partial charge >= 0.3 is 0 Å². The smallest absolute Gasteiger partial charge is 0.250 e. The van der Waals surface area contributed by atoms with Gasteiger partial charge in [0.25, 0.3) is 0 Å². The minimum absolute atomic E-state index is 0.338. The number of ether oxygens (including phenoxy) is 2. The molecule has 2 N–H and O–H groups in total. The van der Waals surface area contributed by atoms with E-state index in [1.165, 1.54) is 0 Å². The molecular weight excluding hydrogens is 430 g/mol. The first kappa shape index (κ1) is 21.6. The van der Waals surface area contributed by atoms with Gasteiger partial charge < -0.3 is 19.7 Å². The minimum atomic E-state index is 0.338. The number of morpholine rings is 1. The summed E-state index contributed by atoms with van der Waals surface area (Å²) in [6.07, 6.45) is 1.68. The molecule has 9 nitrogen and oxygen atoms in total. The van der Waals surface area contributed by atoms with Crippen molar-refractivity contribution in [3.63, 3.8) is 0 Å². The van der Waals surface area contributed by atoms with Crippen LogP contribution in [0.3, 0.4) is 0 Å². The summed E-state index contributed by atoms with van der Waals surface area (Å²) in [5.41, 5.74) is 4.70. The van der Waals surface area contributed by atoms with Crippen LogP contribution in [0.25, 0.3) is 10.8 Å². The van der Waals surface area contributed by atoms with Crippen LogP contribution in [0.2, 0.25) is 0 Å². The highest BCUT2D eigenvalue weighted by Crippen LogP contribution is 2.26. The summed E-state index contributed by atoms with van der Waals surface area (Å²) in [7, 11) is 1.63. The highest BCUT2D eigenvalue weighted by molar-refractivity contribution is 5.95. The lowest BCUT2D eigenvalue weighted by Crippen LogP contribution is -2.37. The Balaban J connectivity index is 1.45. The largest absolute Gasteiger partial charge is 0.496 e. The van der Waals surface area contributed by atoms with Crippen molar-refractivity contribution in [1.29, 1.82) is 0 Å². The predicted octanol–water partition coefficient (Wildman–Crippen LogP) is 4.06. The van der Waals surface area contributed by atoms with E-state index >= 15 is 0 Å². The number of nitrogens with zero attached hydrogens (tertiary/aromatic N) is 5. The third-order valence-corrected chi connectivity index (χ3v) is 5.46. The molecule has 1 aliphatic heterocycles. The molecule has 0 atom stereocenters. The van der Waals surface area contributed by atoms with Gasteiger partial charge in [-0.3, -0.25) is 0 Å². The van der Waals surface area contributed by atoms with E-state index in [-0.39, 0.29) is 0 Å². The fourth-order valence-electron chi connectivity index (χ4n) is 3.76. The first-order chi connectivity index (χ1) is 16.8.